The first-order chi connectivity index (χ1) is 10.4. The van der Waals surface area contributed by atoms with Crippen molar-refractivity contribution in [2.45, 2.75) is 32.6 Å². The van der Waals surface area contributed by atoms with Gasteiger partial charge < -0.3 is 15.4 Å². The Morgan fingerprint density at radius 2 is 2.14 bits per heavy atom. The molecule has 1 atom stereocenters. The van der Waals surface area contributed by atoms with Crippen LogP contribution >= 0.6 is 15.9 Å². The van der Waals surface area contributed by atoms with Crippen molar-refractivity contribution in [2.24, 2.45) is 11.7 Å². The lowest BCUT2D eigenvalue weighted by Gasteiger charge is -2.30. The summed E-state index contributed by atoms with van der Waals surface area (Å²) in [6.45, 7) is 5.04. The molecule has 120 valence electrons. The van der Waals surface area contributed by atoms with Crippen LogP contribution in [0.1, 0.15) is 38.2 Å². The third kappa shape index (κ3) is 4.00. The fourth-order valence-corrected chi connectivity index (χ4v) is 3.00. The molecule has 22 heavy (non-hydrogen) atoms. The summed E-state index contributed by atoms with van der Waals surface area (Å²) in [6.07, 6.45) is 1.48. The maximum absolute atomic E-state index is 12.4. The first-order valence-corrected chi connectivity index (χ1v) is 8.23. The molecule has 5 nitrogen and oxygen atoms in total. The Balaban J connectivity index is 2.10. The average Bonchev–Trinajstić information content (AvgIpc) is 2.48. The number of halogens is 1. The molecule has 1 aliphatic heterocycles. The molecule has 6 heteroatoms. The van der Waals surface area contributed by atoms with Crippen molar-refractivity contribution in [1.29, 1.82) is 0 Å². The zero-order valence-corrected chi connectivity index (χ0v) is 14.4. The quantitative estimate of drug-likeness (QED) is 0.657. The van der Waals surface area contributed by atoms with Crippen LogP contribution in [0.25, 0.3) is 0 Å². The minimum Gasteiger partial charge on any atom is -0.426 e. The van der Waals surface area contributed by atoms with Gasteiger partial charge in [0, 0.05) is 17.6 Å². The third-order valence-corrected chi connectivity index (χ3v) is 4.36. The molecule has 0 bridgehead atoms. The number of benzene rings is 1. The molecule has 1 aromatic carbocycles. The van der Waals surface area contributed by atoms with E-state index in [2.05, 4.69) is 29.8 Å². The second-order valence-corrected chi connectivity index (χ2v) is 6.80. The molecule has 1 saturated heterocycles. The van der Waals surface area contributed by atoms with Crippen LogP contribution < -0.4 is 10.5 Å². The van der Waals surface area contributed by atoms with Gasteiger partial charge in [0.15, 0.2) is 0 Å². The van der Waals surface area contributed by atoms with E-state index in [4.69, 9.17) is 10.5 Å². The number of carbonyl (C=O) groups excluding carboxylic acids is 2. The minimum absolute atomic E-state index is 0.244. The summed E-state index contributed by atoms with van der Waals surface area (Å²) < 4.78 is 6.54. The molecule has 1 heterocycles. The highest BCUT2D eigenvalue weighted by Crippen LogP contribution is 2.30. The van der Waals surface area contributed by atoms with E-state index < -0.39 is 6.03 Å². The topological polar surface area (TPSA) is 72.6 Å². The Morgan fingerprint density at radius 3 is 2.77 bits per heavy atom. The van der Waals surface area contributed by atoms with E-state index in [1.165, 1.54) is 4.90 Å². The zero-order valence-electron chi connectivity index (χ0n) is 12.8. The molecule has 2 amide bonds. The molecule has 0 aliphatic carbocycles. The van der Waals surface area contributed by atoms with E-state index in [0.29, 0.717) is 18.8 Å². The number of hydrogen-bond donors (Lipinski definition) is 1. The predicted molar refractivity (Wildman–Crippen MR) is 87.7 cm³/mol. The Labute approximate surface area is 138 Å². The molecule has 2 rings (SSSR count). The molecule has 0 saturated carbocycles. The maximum Gasteiger partial charge on any atom is 0.316 e. The van der Waals surface area contributed by atoms with Gasteiger partial charge >= 0.3 is 12.0 Å². The molecule has 1 fully saturated rings. The van der Waals surface area contributed by atoms with E-state index >= 15 is 0 Å². The fraction of sp³-hybridized carbons (Fsp3) is 0.500. The largest absolute Gasteiger partial charge is 0.426 e. The lowest BCUT2D eigenvalue weighted by atomic mass is 9.98. The first kappa shape index (κ1) is 16.8. The van der Waals surface area contributed by atoms with Crippen LogP contribution in [0.4, 0.5) is 4.79 Å². The summed E-state index contributed by atoms with van der Waals surface area (Å²) in [6, 6.07) is 5.13. The number of rotatable bonds is 3. The van der Waals surface area contributed by atoms with E-state index in [0.717, 1.165) is 22.9 Å². The van der Waals surface area contributed by atoms with Gasteiger partial charge in [0.1, 0.15) is 5.75 Å². The Kier molecular flexibility index (Phi) is 5.45. The summed E-state index contributed by atoms with van der Waals surface area (Å²) in [7, 11) is 0. The number of nitrogens with two attached hydrogens (primary N) is 1. The normalized spacial score (nSPS) is 18.4. The van der Waals surface area contributed by atoms with Gasteiger partial charge in [0.2, 0.25) is 0 Å². The number of likely N-dealkylation sites (tertiary alicyclic amines) is 1. The smallest absolute Gasteiger partial charge is 0.316 e. The van der Waals surface area contributed by atoms with Crippen LogP contribution in [0.15, 0.2) is 22.7 Å². The van der Waals surface area contributed by atoms with Crippen LogP contribution in [0.2, 0.25) is 0 Å². The lowest BCUT2D eigenvalue weighted by Crippen LogP contribution is -2.45. The highest BCUT2D eigenvalue weighted by atomic mass is 79.9. The lowest BCUT2D eigenvalue weighted by molar-refractivity contribution is -0.140. The van der Waals surface area contributed by atoms with Crippen molar-refractivity contribution in [3.63, 3.8) is 0 Å². The Hall–Kier alpha value is -1.56. The predicted octanol–water partition coefficient (Wildman–Crippen LogP) is 3.27. The summed E-state index contributed by atoms with van der Waals surface area (Å²) >= 11 is 3.43. The molecule has 1 aromatic rings. The van der Waals surface area contributed by atoms with Gasteiger partial charge in [-0.05, 0) is 42.5 Å². The molecule has 0 unspecified atom stereocenters. The van der Waals surface area contributed by atoms with E-state index in [1.54, 1.807) is 6.07 Å². The number of ether oxygens (including phenoxy) is 1. The van der Waals surface area contributed by atoms with E-state index in [-0.39, 0.29) is 17.8 Å². The number of nitrogens with zero attached hydrogens (tertiary/aromatic N) is 1. The molecule has 0 spiro atoms. The molecule has 0 aromatic heterocycles. The van der Waals surface area contributed by atoms with Crippen molar-refractivity contribution < 1.29 is 14.3 Å². The molecular formula is C16H21BrN2O3. The Morgan fingerprint density at radius 1 is 1.41 bits per heavy atom. The van der Waals surface area contributed by atoms with Gasteiger partial charge in [0.25, 0.3) is 0 Å². The zero-order chi connectivity index (χ0) is 16.3. The number of esters is 1. The van der Waals surface area contributed by atoms with Gasteiger partial charge in [0.05, 0.1) is 5.92 Å². The molecule has 1 aliphatic rings. The fourth-order valence-electron chi connectivity index (χ4n) is 2.62. The third-order valence-electron chi connectivity index (χ3n) is 3.87. The molecule has 0 radical (unpaired) electrons. The van der Waals surface area contributed by atoms with Gasteiger partial charge in [-0.25, -0.2) is 4.79 Å². The Bertz CT molecular complexity index is 575. The van der Waals surface area contributed by atoms with Crippen molar-refractivity contribution in [3.05, 3.63) is 28.2 Å². The SMILES string of the molecule is CC(C)c1cc(Br)ccc1OC(=O)[C@@H]1CCCN(C(N)=O)C1. The van der Waals surface area contributed by atoms with Crippen molar-refractivity contribution >= 4 is 27.9 Å². The monoisotopic (exact) mass is 368 g/mol. The van der Waals surface area contributed by atoms with Crippen molar-refractivity contribution in [1.82, 2.24) is 4.90 Å². The van der Waals surface area contributed by atoms with E-state index in [1.807, 2.05) is 12.1 Å². The second-order valence-electron chi connectivity index (χ2n) is 5.88. The highest BCUT2D eigenvalue weighted by molar-refractivity contribution is 9.10. The number of hydrogen-bond acceptors (Lipinski definition) is 3. The van der Waals surface area contributed by atoms with Crippen LogP contribution in [-0.4, -0.2) is 30.0 Å². The standard InChI is InChI=1S/C16H21BrN2O3/c1-10(2)13-8-12(17)5-6-14(13)22-15(20)11-4-3-7-19(9-11)16(18)21/h5-6,8,10-11H,3-4,7,9H2,1-2H3,(H2,18,21)/t11-/m1/s1. The summed E-state index contributed by atoms with van der Waals surface area (Å²) in [4.78, 5) is 25.1. The number of carbonyl (C=O) groups is 2. The second kappa shape index (κ2) is 7.13. The maximum atomic E-state index is 12.4. The summed E-state index contributed by atoms with van der Waals surface area (Å²) in [5, 5.41) is 0. The summed E-state index contributed by atoms with van der Waals surface area (Å²) in [5.74, 6) is 0.216. The summed E-state index contributed by atoms with van der Waals surface area (Å²) in [5.41, 5.74) is 6.27. The highest BCUT2D eigenvalue weighted by Gasteiger charge is 2.29. The van der Waals surface area contributed by atoms with Crippen LogP contribution in [0.5, 0.6) is 5.75 Å². The number of piperidine rings is 1. The van der Waals surface area contributed by atoms with Crippen molar-refractivity contribution in [3.8, 4) is 5.75 Å². The molecule has 2 N–H and O–H groups in total. The first-order valence-electron chi connectivity index (χ1n) is 7.44. The number of urea groups is 1. The van der Waals surface area contributed by atoms with E-state index in [9.17, 15) is 9.59 Å². The average molecular weight is 369 g/mol. The van der Waals surface area contributed by atoms with Crippen molar-refractivity contribution in [2.75, 3.05) is 13.1 Å². The minimum atomic E-state index is -0.482. The number of amides is 2. The molecular weight excluding hydrogens is 348 g/mol. The van der Waals surface area contributed by atoms with Crippen LogP contribution in [0, 0.1) is 5.92 Å². The van der Waals surface area contributed by atoms with Crippen LogP contribution in [-0.2, 0) is 4.79 Å². The number of primary amides is 1. The van der Waals surface area contributed by atoms with Gasteiger partial charge in [-0.15, -0.1) is 0 Å². The van der Waals surface area contributed by atoms with Gasteiger partial charge in [-0.3, -0.25) is 4.79 Å². The van der Waals surface area contributed by atoms with Gasteiger partial charge in [-0.1, -0.05) is 29.8 Å². The van der Waals surface area contributed by atoms with Gasteiger partial charge in [-0.2, -0.15) is 0 Å². The van der Waals surface area contributed by atoms with Crippen LogP contribution in [0.3, 0.4) is 0 Å².